The maximum Gasteiger partial charge on any atom is 0.0707 e. The zero-order chi connectivity index (χ0) is 11.5. The van der Waals surface area contributed by atoms with Gasteiger partial charge in [0.25, 0.3) is 0 Å². The Morgan fingerprint density at radius 2 is 1.71 bits per heavy atom. The lowest BCUT2D eigenvalue weighted by Gasteiger charge is -2.33. The van der Waals surface area contributed by atoms with Gasteiger partial charge < -0.3 is 15.0 Å². The van der Waals surface area contributed by atoms with E-state index < -0.39 is 0 Å². The first kappa shape index (κ1) is 11.9. The van der Waals surface area contributed by atoms with Gasteiger partial charge in [0.2, 0.25) is 0 Å². The lowest BCUT2D eigenvalue weighted by molar-refractivity contribution is -0.0400. The summed E-state index contributed by atoms with van der Waals surface area (Å²) >= 11 is 0. The van der Waals surface area contributed by atoms with Gasteiger partial charge >= 0.3 is 0 Å². The van der Waals surface area contributed by atoms with Crippen LogP contribution >= 0.6 is 0 Å². The fourth-order valence-electron chi connectivity index (χ4n) is 3.29. The molecule has 3 aliphatic heterocycles. The molecule has 3 fully saturated rings. The van der Waals surface area contributed by atoms with E-state index in [2.05, 4.69) is 15.1 Å². The van der Waals surface area contributed by atoms with E-state index in [0.29, 0.717) is 12.2 Å². The summed E-state index contributed by atoms with van der Waals surface area (Å²) in [6, 6.07) is 0. The quantitative estimate of drug-likeness (QED) is 0.758. The molecule has 0 aliphatic carbocycles. The van der Waals surface area contributed by atoms with Crippen LogP contribution in [0.2, 0.25) is 0 Å². The zero-order valence-electron chi connectivity index (χ0n) is 10.7. The molecule has 3 saturated heterocycles. The van der Waals surface area contributed by atoms with Crippen molar-refractivity contribution < 1.29 is 4.74 Å². The first-order valence-corrected chi connectivity index (χ1v) is 7.21. The second-order valence-corrected chi connectivity index (χ2v) is 5.66. The van der Waals surface area contributed by atoms with Gasteiger partial charge in [-0.1, -0.05) is 0 Å². The van der Waals surface area contributed by atoms with Crippen molar-refractivity contribution in [2.75, 3.05) is 52.4 Å². The first-order chi connectivity index (χ1) is 8.40. The average Bonchev–Trinajstić information content (AvgIpc) is 2.59. The molecule has 2 atom stereocenters. The summed E-state index contributed by atoms with van der Waals surface area (Å²) in [7, 11) is 0. The Labute approximate surface area is 104 Å². The van der Waals surface area contributed by atoms with Crippen LogP contribution in [0.25, 0.3) is 0 Å². The van der Waals surface area contributed by atoms with Crippen LogP contribution in [-0.4, -0.2) is 74.4 Å². The molecule has 2 bridgehead atoms. The molecule has 0 radical (unpaired) electrons. The number of hydrogen-bond donors (Lipinski definition) is 1. The Morgan fingerprint density at radius 1 is 0.941 bits per heavy atom. The highest BCUT2D eigenvalue weighted by atomic mass is 16.5. The maximum atomic E-state index is 5.87. The molecule has 2 unspecified atom stereocenters. The minimum atomic E-state index is 0.541. The Morgan fingerprint density at radius 3 is 2.53 bits per heavy atom. The molecule has 3 heterocycles. The van der Waals surface area contributed by atoms with E-state index in [1.807, 2.05) is 0 Å². The van der Waals surface area contributed by atoms with Gasteiger partial charge in [-0.15, -0.1) is 0 Å². The van der Waals surface area contributed by atoms with Crippen LogP contribution in [0.1, 0.15) is 19.3 Å². The summed E-state index contributed by atoms with van der Waals surface area (Å²) in [5.74, 6) is 0. The molecule has 17 heavy (non-hydrogen) atoms. The predicted octanol–water partition coefficient (Wildman–Crippen LogP) is 0.145. The molecule has 0 aromatic carbocycles. The Bertz CT molecular complexity index is 229. The third kappa shape index (κ3) is 3.19. The molecule has 0 amide bonds. The van der Waals surface area contributed by atoms with Crippen LogP contribution in [-0.2, 0) is 4.74 Å². The smallest absolute Gasteiger partial charge is 0.0707 e. The van der Waals surface area contributed by atoms with Crippen molar-refractivity contribution in [2.24, 2.45) is 0 Å². The lowest BCUT2D eigenvalue weighted by Crippen LogP contribution is -2.46. The number of morpholine rings is 1. The molecule has 0 aromatic heterocycles. The van der Waals surface area contributed by atoms with E-state index in [0.717, 1.165) is 6.54 Å². The third-order valence-corrected chi connectivity index (χ3v) is 4.28. The lowest BCUT2D eigenvalue weighted by atomic mass is 10.2. The van der Waals surface area contributed by atoms with Crippen molar-refractivity contribution in [1.29, 1.82) is 0 Å². The number of ether oxygens (including phenoxy) is 1. The summed E-state index contributed by atoms with van der Waals surface area (Å²) in [5, 5.41) is 3.46. The number of likely N-dealkylation sites (tertiary alicyclic amines) is 1. The van der Waals surface area contributed by atoms with Crippen molar-refractivity contribution in [3.8, 4) is 0 Å². The van der Waals surface area contributed by atoms with Gasteiger partial charge in [-0.2, -0.15) is 0 Å². The van der Waals surface area contributed by atoms with Crippen molar-refractivity contribution in [3.05, 3.63) is 0 Å². The minimum Gasteiger partial charge on any atom is -0.372 e. The molecule has 0 saturated carbocycles. The van der Waals surface area contributed by atoms with E-state index in [4.69, 9.17) is 4.74 Å². The van der Waals surface area contributed by atoms with Crippen LogP contribution in [0.5, 0.6) is 0 Å². The highest BCUT2D eigenvalue weighted by Crippen LogP contribution is 2.25. The molecule has 98 valence electrons. The molecule has 3 aliphatic rings. The van der Waals surface area contributed by atoms with Crippen LogP contribution in [0.15, 0.2) is 0 Å². The van der Waals surface area contributed by atoms with Gasteiger partial charge in [0.15, 0.2) is 0 Å². The van der Waals surface area contributed by atoms with Crippen molar-refractivity contribution in [1.82, 2.24) is 15.1 Å². The standard InChI is InChI=1S/C13H25N3O/c1-4-14-5-7-15(6-1)8-9-16-10-12-2-3-13(11-16)17-12/h12-14H,1-11H2. The monoisotopic (exact) mass is 239 g/mol. The zero-order valence-corrected chi connectivity index (χ0v) is 10.7. The molecule has 0 spiro atoms. The van der Waals surface area contributed by atoms with E-state index in [-0.39, 0.29) is 0 Å². The number of hydrogen-bond acceptors (Lipinski definition) is 4. The van der Waals surface area contributed by atoms with Crippen LogP contribution in [0, 0.1) is 0 Å². The Kier molecular flexibility index (Phi) is 3.96. The van der Waals surface area contributed by atoms with Gasteiger partial charge in [0.05, 0.1) is 12.2 Å². The Balaban J connectivity index is 1.41. The van der Waals surface area contributed by atoms with E-state index in [1.54, 1.807) is 0 Å². The number of nitrogens with zero attached hydrogens (tertiary/aromatic N) is 2. The van der Waals surface area contributed by atoms with Gasteiger partial charge in [-0.3, -0.25) is 4.90 Å². The molecule has 4 nitrogen and oxygen atoms in total. The van der Waals surface area contributed by atoms with E-state index in [1.165, 1.54) is 65.1 Å². The summed E-state index contributed by atoms with van der Waals surface area (Å²) in [6.45, 7) is 9.65. The molecule has 4 heteroatoms. The summed E-state index contributed by atoms with van der Waals surface area (Å²) < 4.78 is 5.87. The molecular weight excluding hydrogens is 214 g/mol. The van der Waals surface area contributed by atoms with Gasteiger partial charge in [0.1, 0.15) is 0 Å². The largest absolute Gasteiger partial charge is 0.372 e. The van der Waals surface area contributed by atoms with E-state index >= 15 is 0 Å². The summed E-state index contributed by atoms with van der Waals surface area (Å²) in [5.41, 5.74) is 0. The second-order valence-electron chi connectivity index (χ2n) is 5.66. The average molecular weight is 239 g/mol. The van der Waals surface area contributed by atoms with Gasteiger partial charge in [-0.25, -0.2) is 0 Å². The first-order valence-electron chi connectivity index (χ1n) is 7.21. The molecular formula is C13H25N3O. The van der Waals surface area contributed by atoms with Crippen LogP contribution in [0.3, 0.4) is 0 Å². The van der Waals surface area contributed by atoms with Crippen LogP contribution in [0.4, 0.5) is 0 Å². The van der Waals surface area contributed by atoms with Gasteiger partial charge in [0, 0.05) is 39.3 Å². The maximum absolute atomic E-state index is 5.87. The number of rotatable bonds is 3. The summed E-state index contributed by atoms with van der Waals surface area (Å²) in [4.78, 5) is 5.22. The Hall–Kier alpha value is -0.160. The fraction of sp³-hybridized carbons (Fsp3) is 1.00. The van der Waals surface area contributed by atoms with Crippen molar-refractivity contribution >= 4 is 0 Å². The van der Waals surface area contributed by atoms with Crippen LogP contribution < -0.4 is 5.32 Å². The normalized spacial score (nSPS) is 36.0. The minimum absolute atomic E-state index is 0.541. The number of fused-ring (bicyclic) bond motifs is 2. The summed E-state index contributed by atoms with van der Waals surface area (Å²) in [6.07, 6.45) is 4.96. The fourth-order valence-corrected chi connectivity index (χ4v) is 3.29. The van der Waals surface area contributed by atoms with Crippen molar-refractivity contribution in [2.45, 2.75) is 31.5 Å². The third-order valence-electron chi connectivity index (χ3n) is 4.28. The molecule has 1 N–H and O–H groups in total. The molecule has 0 aromatic rings. The highest BCUT2D eigenvalue weighted by molar-refractivity contribution is 4.85. The predicted molar refractivity (Wildman–Crippen MR) is 68.3 cm³/mol. The molecule has 3 rings (SSSR count). The second kappa shape index (κ2) is 5.65. The van der Waals surface area contributed by atoms with Crippen molar-refractivity contribution in [3.63, 3.8) is 0 Å². The van der Waals surface area contributed by atoms with E-state index in [9.17, 15) is 0 Å². The highest BCUT2D eigenvalue weighted by Gasteiger charge is 2.33. The number of nitrogens with one attached hydrogen (secondary N) is 1. The van der Waals surface area contributed by atoms with Gasteiger partial charge in [-0.05, 0) is 32.4 Å². The SMILES string of the molecule is C1CNCCN(CCN2CC3CCC(C2)O3)C1. The topological polar surface area (TPSA) is 27.7 Å².